The second-order valence-corrected chi connectivity index (χ2v) is 1.90. The topological polar surface area (TPSA) is 46.3 Å². The number of likely N-dealkylation sites (N-methyl/N-ethyl adjacent to an activating group) is 1. The molecule has 0 bridgehead atoms. The Morgan fingerprint density at radius 1 is 1.88 bits per heavy atom. The van der Waals surface area contributed by atoms with E-state index in [4.69, 9.17) is 5.73 Å². The van der Waals surface area contributed by atoms with E-state index in [9.17, 15) is 4.79 Å². The predicted molar refractivity (Wildman–Crippen MR) is 35.7 cm³/mol. The molecule has 0 aromatic carbocycles. The van der Waals surface area contributed by atoms with E-state index in [1.807, 2.05) is 0 Å². The van der Waals surface area contributed by atoms with Crippen LogP contribution in [0.25, 0.3) is 0 Å². The molecule has 0 aromatic heterocycles. The lowest BCUT2D eigenvalue weighted by Gasteiger charge is -2.08. The van der Waals surface area contributed by atoms with Crippen molar-refractivity contribution in [3.8, 4) is 0 Å². The van der Waals surface area contributed by atoms with E-state index in [1.165, 1.54) is 0 Å². The van der Waals surface area contributed by atoms with Gasteiger partial charge in [0.05, 0.1) is 6.54 Å². The molecule has 0 aliphatic carbocycles. The molecule has 0 unspecified atom stereocenters. The van der Waals surface area contributed by atoms with E-state index < -0.39 is 0 Å². The van der Waals surface area contributed by atoms with Gasteiger partial charge in [0.25, 0.3) is 0 Å². The minimum Gasteiger partial charge on any atom is -0.369 e. The Balaban J connectivity index is 3.24. The maximum absolute atomic E-state index is 10.1. The summed E-state index contributed by atoms with van der Waals surface area (Å²) in [5, 5.41) is 0. The van der Waals surface area contributed by atoms with E-state index in [0.717, 1.165) is 0 Å². The standard InChI is InChI=1S/C4H10N2OS/c1-6(3-8)2-4(5)7/h8H,2-3H2,1H3,(H2,5,7). The van der Waals surface area contributed by atoms with Crippen molar-refractivity contribution in [2.75, 3.05) is 19.5 Å². The van der Waals surface area contributed by atoms with Gasteiger partial charge in [-0.3, -0.25) is 9.69 Å². The molecule has 0 saturated carbocycles. The van der Waals surface area contributed by atoms with E-state index >= 15 is 0 Å². The van der Waals surface area contributed by atoms with E-state index in [0.29, 0.717) is 5.88 Å². The first-order valence-electron chi connectivity index (χ1n) is 2.24. The van der Waals surface area contributed by atoms with Crippen LogP contribution in [0, 0.1) is 0 Å². The van der Waals surface area contributed by atoms with Gasteiger partial charge in [0.1, 0.15) is 0 Å². The van der Waals surface area contributed by atoms with E-state index in [1.54, 1.807) is 11.9 Å². The van der Waals surface area contributed by atoms with Crippen molar-refractivity contribution in [2.24, 2.45) is 5.73 Å². The van der Waals surface area contributed by atoms with E-state index in [2.05, 4.69) is 12.6 Å². The minimum absolute atomic E-state index is 0.281. The average molecular weight is 134 g/mol. The smallest absolute Gasteiger partial charge is 0.231 e. The summed E-state index contributed by atoms with van der Waals surface area (Å²) in [6.45, 7) is 0.281. The van der Waals surface area contributed by atoms with Crippen LogP contribution in [0.3, 0.4) is 0 Å². The Morgan fingerprint density at radius 3 is 2.50 bits per heavy atom. The number of rotatable bonds is 3. The molecule has 0 atom stereocenters. The van der Waals surface area contributed by atoms with Gasteiger partial charge in [-0.25, -0.2) is 0 Å². The summed E-state index contributed by atoms with van der Waals surface area (Å²) in [5.41, 5.74) is 4.85. The van der Waals surface area contributed by atoms with Crippen molar-refractivity contribution in [1.82, 2.24) is 4.90 Å². The van der Waals surface area contributed by atoms with Gasteiger partial charge in [-0.15, -0.1) is 0 Å². The van der Waals surface area contributed by atoms with Crippen LogP contribution < -0.4 is 5.73 Å². The molecular formula is C4H10N2OS. The van der Waals surface area contributed by atoms with Crippen LogP contribution in [0.15, 0.2) is 0 Å². The first kappa shape index (κ1) is 7.78. The number of hydrogen-bond acceptors (Lipinski definition) is 3. The average Bonchev–Trinajstić information content (AvgIpc) is 1.65. The highest BCUT2D eigenvalue weighted by Crippen LogP contribution is 1.81. The summed E-state index contributed by atoms with van der Waals surface area (Å²) in [7, 11) is 1.78. The molecule has 0 aliphatic heterocycles. The number of nitrogens with two attached hydrogens (primary N) is 1. The van der Waals surface area contributed by atoms with Gasteiger partial charge >= 0.3 is 0 Å². The van der Waals surface area contributed by atoms with Crippen molar-refractivity contribution in [3.63, 3.8) is 0 Å². The summed E-state index contributed by atoms with van der Waals surface area (Å²) in [6.07, 6.45) is 0. The monoisotopic (exact) mass is 134 g/mol. The van der Waals surface area contributed by atoms with Crippen LogP contribution >= 0.6 is 12.6 Å². The zero-order chi connectivity index (χ0) is 6.57. The van der Waals surface area contributed by atoms with Crippen LogP contribution in [-0.4, -0.2) is 30.3 Å². The van der Waals surface area contributed by atoms with E-state index in [-0.39, 0.29) is 12.5 Å². The summed E-state index contributed by atoms with van der Waals surface area (Å²) in [5.74, 6) is 0.240. The molecule has 8 heavy (non-hydrogen) atoms. The fourth-order valence-electron chi connectivity index (χ4n) is 0.316. The maximum atomic E-state index is 10.1. The van der Waals surface area contributed by atoms with Crippen molar-refractivity contribution < 1.29 is 4.79 Å². The molecule has 0 heterocycles. The third kappa shape index (κ3) is 3.95. The number of nitrogens with zero attached hydrogens (tertiary/aromatic N) is 1. The molecule has 0 fully saturated rings. The second-order valence-electron chi connectivity index (χ2n) is 1.62. The fraction of sp³-hybridized carbons (Fsp3) is 0.750. The Morgan fingerprint density at radius 2 is 2.38 bits per heavy atom. The predicted octanol–water partition coefficient (Wildman–Crippen LogP) is -0.709. The molecular weight excluding hydrogens is 124 g/mol. The van der Waals surface area contributed by atoms with Crippen LogP contribution in [0.1, 0.15) is 0 Å². The summed E-state index contributed by atoms with van der Waals surface area (Å²) in [6, 6.07) is 0. The Hall–Kier alpha value is -0.220. The molecule has 0 rings (SSSR count). The number of thiol groups is 1. The van der Waals surface area contributed by atoms with Crippen molar-refractivity contribution in [1.29, 1.82) is 0 Å². The quantitative estimate of drug-likeness (QED) is 0.396. The highest BCUT2D eigenvalue weighted by atomic mass is 32.1. The fourth-order valence-corrected chi connectivity index (χ4v) is 0.416. The zero-order valence-electron chi connectivity index (χ0n) is 4.79. The molecule has 3 nitrogen and oxygen atoms in total. The number of amides is 1. The van der Waals surface area contributed by atoms with Gasteiger partial charge in [-0.2, -0.15) is 12.6 Å². The van der Waals surface area contributed by atoms with Crippen LogP contribution in [0.2, 0.25) is 0 Å². The normalized spacial score (nSPS) is 9.88. The first-order chi connectivity index (χ1) is 3.66. The van der Waals surface area contributed by atoms with Gasteiger partial charge in [0, 0.05) is 5.88 Å². The molecule has 0 aromatic rings. The molecule has 0 aliphatic rings. The number of carbonyl (C=O) groups excluding carboxylic acids is 1. The van der Waals surface area contributed by atoms with Crippen molar-refractivity contribution in [2.45, 2.75) is 0 Å². The highest BCUT2D eigenvalue weighted by molar-refractivity contribution is 7.80. The van der Waals surface area contributed by atoms with Gasteiger partial charge in [-0.1, -0.05) is 0 Å². The van der Waals surface area contributed by atoms with Gasteiger partial charge in [0.2, 0.25) is 5.91 Å². The SMILES string of the molecule is CN(CS)CC(N)=O. The van der Waals surface area contributed by atoms with Crippen LogP contribution in [0.4, 0.5) is 0 Å². The largest absolute Gasteiger partial charge is 0.369 e. The van der Waals surface area contributed by atoms with Crippen molar-refractivity contribution >= 4 is 18.5 Å². The summed E-state index contributed by atoms with van der Waals surface area (Å²) in [4.78, 5) is 11.8. The van der Waals surface area contributed by atoms with Gasteiger partial charge < -0.3 is 5.73 Å². The zero-order valence-corrected chi connectivity index (χ0v) is 5.69. The molecule has 1 amide bonds. The minimum atomic E-state index is -0.318. The molecule has 48 valence electrons. The maximum Gasteiger partial charge on any atom is 0.231 e. The number of primary amides is 1. The van der Waals surface area contributed by atoms with Gasteiger partial charge in [-0.05, 0) is 7.05 Å². The first-order valence-corrected chi connectivity index (χ1v) is 2.87. The summed E-state index contributed by atoms with van der Waals surface area (Å²) >= 11 is 3.91. The highest BCUT2D eigenvalue weighted by Gasteiger charge is 1.96. The number of carbonyl (C=O) groups is 1. The Kier molecular flexibility index (Phi) is 3.64. The van der Waals surface area contributed by atoms with Gasteiger partial charge in [0.15, 0.2) is 0 Å². The lowest BCUT2D eigenvalue weighted by Crippen LogP contribution is -2.29. The lowest BCUT2D eigenvalue weighted by atomic mass is 10.6. The lowest BCUT2D eigenvalue weighted by molar-refractivity contribution is -0.118. The third-order valence-corrected chi connectivity index (χ3v) is 1.15. The van der Waals surface area contributed by atoms with Crippen LogP contribution in [0.5, 0.6) is 0 Å². The molecule has 0 spiro atoms. The molecule has 4 heteroatoms. The summed E-state index contributed by atoms with van der Waals surface area (Å²) < 4.78 is 0. The second kappa shape index (κ2) is 3.74. The van der Waals surface area contributed by atoms with Crippen molar-refractivity contribution in [3.05, 3.63) is 0 Å². The third-order valence-electron chi connectivity index (χ3n) is 0.667. The molecule has 0 saturated heterocycles. The number of hydrogen-bond donors (Lipinski definition) is 2. The Bertz CT molecular complexity index is 86.1. The Labute approximate surface area is 54.3 Å². The molecule has 0 radical (unpaired) electrons. The van der Waals surface area contributed by atoms with Crippen LogP contribution in [-0.2, 0) is 4.79 Å². The molecule has 2 N–H and O–H groups in total.